The number of fused-ring (bicyclic) bond motifs is 1. The number of pyridine rings is 1. The molecule has 1 aliphatic carbocycles. The van der Waals surface area contributed by atoms with Gasteiger partial charge in [0.1, 0.15) is 11.6 Å². The number of aromatic nitrogens is 4. The zero-order chi connectivity index (χ0) is 16.0. The van der Waals surface area contributed by atoms with Crippen LogP contribution in [0.3, 0.4) is 0 Å². The SMILES string of the molecule is COc1ccc2ccn(Cc3nnc(C4CC4)n3C)c(=O)c2c1. The summed E-state index contributed by atoms with van der Waals surface area (Å²) in [5.41, 5.74) is -0.0441. The quantitative estimate of drug-likeness (QED) is 0.740. The molecular formula is C17H18N4O2. The molecule has 6 nitrogen and oxygen atoms in total. The second-order valence-electron chi connectivity index (χ2n) is 6.01. The lowest BCUT2D eigenvalue weighted by Crippen LogP contribution is -2.21. The molecule has 1 aromatic carbocycles. The molecule has 1 saturated carbocycles. The normalized spacial score (nSPS) is 14.3. The lowest BCUT2D eigenvalue weighted by Gasteiger charge is -2.08. The Hall–Kier alpha value is -2.63. The molecule has 0 saturated heterocycles. The molecule has 0 N–H and O–H groups in total. The zero-order valence-corrected chi connectivity index (χ0v) is 13.2. The molecule has 118 valence electrons. The highest BCUT2D eigenvalue weighted by Gasteiger charge is 2.29. The van der Waals surface area contributed by atoms with Crippen molar-refractivity contribution in [2.24, 2.45) is 7.05 Å². The molecule has 0 bridgehead atoms. The predicted molar refractivity (Wildman–Crippen MR) is 86.8 cm³/mol. The van der Waals surface area contributed by atoms with E-state index in [-0.39, 0.29) is 5.56 Å². The number of benzene rings is 1. The fourth-order valence-corrected chi connectivity index (χ4v) is 2.87. The van der Waals surface area contributed by atoms with Gasteiger partial charge < -0.3 is 13.9 Å². The molecule has 2 aromatic heterocycles. The summed E-state index contributed by atoms with van der Waals surface area (Å²) in [6, 6.07) is 7.47. The van der Waals surface area contributed by atoms with Crippen LogP contribution in [0, 0.1) is 0 Å². The van der Waals surface area contributed by atoms with Gasteiger partial charge in [-0.25, -0.2) is 0 Å². The smallest absolute Gasteiger partial charge is 0.258 e. The molecule has 0 aliphatic heterocycles. The summed E-state index contributed by atoms with van der Waals surface area (Å²) in [6.07, 6.45) is 4.17. The molecule has 0 unspecified atom stereocenters. The summed E-state index contributed by atoms with van der Waals surface area (Å²) >= 11 is 0. The predicted octanol–water partition coefficient (Wildman–Crippen LogP) is 2.06. The van der Waals surface area contributed by atoms with Gasteiger partial charge in [0.15, 0.2) is 5.82 Å². The van der Waals surface area contributed by atoms with Gasteiger partial charge in [-0.1, -0.05) is 6.07 Å². The van der Waals surface area contributed by atoms with Gasteiger partial charge in [-0.2, -0.15) is 0 Å². The van der Waals surface area contributed by atoms with Gasteiger partial charge in [0.2, 0.25) is 0 Å². The van der Waals surface area contributed by atoms with Crippen LogP contribution >= 0.6 is 0 Å². The maximum atomic E-state index is 12.7. The van der Waals surface area contributed by atoms with Gasteiger partial charge in [-0.05, 0) is 36.4 Å². The van der Waals surface area contributed by atoms with Crippen molar-refractivity contribution >= 4 is 10.8 Å². The third-order valence-corrected chi connectivity index (χ3v) is 4.44. The minimum absolute atomic E-state index is 0.0441. The molecule has 0 amide bonds. The topological polar surface area (TPSA) is 61.9 Å². The van der Waals surface area contributed by atoms with E-state index in [2.05, 4.69) is 10.2 Å². The van der Waals surface area contributed by atoms with E-state index in [0.717, 1.165) is 17.0 Å². The Bertz CT molecular complexity index is 937. The highest BCUT2D eigenvalue weighted by molar-refractivity contribution is 5.82. The minimum Gasteiger partial charge on any atom is -0.497 e. The molecule has 1 fully saturated rings. The molecular weight excluding hydrogens is 292 g/mol. The van der Waals surface area contributed by atoms with Crippen LogP contribution in [0.2, 0.25) is 0 Å². The Labute approximate surface area is 133 Å². The summed E-state index contributed by atoms with van der Waals surface area (Å²) < 4.78 is 8.90. The lowest BCUT2D eigenvalue weighted by molar-refractivity contribution is 0.415. The molecule has 0 atom stereocenters. The second-order valence-corrected chi connectivity index (χ2v) is 6.01. The van der Waals surface area contributed by atoms with Crippen LogP contribution in [0.15, 0.2) is 35.3 Å². The molecule has 1 aliphatic rings. The van der Waals surface area contributed by atoms with Crippen LogP contribution < -0.4 is 10.3 Å². The molecule has 0 spiro atoms. The zero-order valence-electron chi connectivity index (χ0n) is 13.2. The largest absolute Gasteiger partial charge is 0.497 e. The summed E-state index contributed by atoms with van der Waals surface area (Å²) in [4.78, 5) is 12.7. The van der Waals surface area contributed by atoms with E-state index in [4.69, 9.17) is 4.74 Å². The van der Waals surface area contributed by atoms with Crippen LogP contribution in [0.4, 0.5) is 0 Å². The van der Waals surface area contributed by atoms with Crippen molar-refractivity contribution in [3.63, 3.8) is 0 Å². The van der Waals surface area contributed by atoms with Gasteiger partial charge in [0.25, 0.3) is 5.56 Å². The molecule has 23 heavy (non-hydrogen) atoms. The van der Waals surface area contributed by atoms with Crippen molar-refractivity contribution in [1.82, 2.24) is 19.3 Å². The Kier molecular flexibility index (Phi) is 3.18. The number of rotatable bonds is 4. The number of ether oxygens (including phenoxy) is 1. The van der Waals surface area contributed by atoms with Crippen molar-refractivity contribution in [1.29, 1.82) is 0 Å². The molecule has 6 heteroatoms. The Morgan fingerprint density at radius 2 is 2.09 bits per heavy atom. The Morgan fingerprint density at radius 1 is 1.26 bits per heavy atom. The van der Waals surface area contributed by atoms with Crippen LogP contribution in [-0.4, -0.2) is 26.4 Å². The summed E-state index contributed by atoms with van der Waals surface area (Å²) in [7, 11) is 3.57. The first-order chi connectivity index (χ1) is 11.2. The van der Waals surface area contributed by atoms with Gasteiger partial charge in [-0.15, -0.1) is 10.2 Å². The van der Waals surface area contributed by atoms with E-state index >= 15 is 0 Å². The molecule has 0 radical (unpaired) electrons. The molecule has 3 aromatic rings. The van der Waals surface area contributed by atoms with Crippen LogP contribution in [0.1, 0.15) is 30.4 Å². The highest BCUT2D eigenvalue weighted by Crippen LogP contribution is 2.38. The summed E-state index contributed by atoms with van der Waals surface area (Å²) in [5, 5.41) is 10.1. The molecule has 2 heterocycles. The average Bonchev–Trinajstić information content (AvgIpc) is 3.35. The highest BCUT2D eigenvalue weighted by atomic mass is 16.5. The van der Waals surface area contributed by atoms with Crippen LogP contribution in [-0.2, 0) is 13.6 Å². The van der Waals surface area contributed by atoms with E-state index in [9.17, 15) is 4.79 Å². The van der Waals surface area contributed by atoms with Gasteiger partial charge >= 0.3 is 0 Å². The minimum atomic E-state index is -0.0441. The average molecular weight is 310 g/mol. The standard InChI is InChI=1S/C17H18N4O2/c1-20-15(18-19-16(20)12-3-4-12)10-21-8-7-11-5-6-13(23-2)9-14(11)17(21)22/h5-9,12H,3-4,10H2,1-2H3. The third kappa shape index (κ3) is 2.40. The summed E-state index contributed by atoms with van der Waals surface area (Å²) in [5.74, 6) is 3.05. The number of hydrogen-bond donors (Lipinski definition) is 0. The number of methoxy groups -OCH3 is 1. The van der Waals surface area contributed by atoms with E-state index in [1.807, 2.05) is 36.0 Å². The van der Waals surface area contributed by atoms with E-state index in [1.54, 1.807) is 17.7 Å². The maximum Gasteiger partial charge on any atom is 0.258 e. The van der Waals surface area contributed by atoms with Crippen molar-refractivity contribution < 1.29 is 4.74 Å². The van der Waals surface area contributed by atoms with E-state index < -0.39 is 0 Å². The Balaban J connectivity index is 1.74. The first-order valence-corrected chi connectivity index (χ1v) is 7.72. The first-order valence-electron chi connectivity index (χ1n) is 7.72. The van der Waals surface area contributed by atoms with Gasteiger partial charge in [0, 0.05) is 19.2 Å². The fourth-order valence-electron chi connectivity index (χ4n) is 2.87. The van der Waals surface area contributed by atoms with Crippen molar-refractivity contribution in [3.8, 4) is 5.75 Å². The van der Waals surface area contributed by atoms with Gasteiger partial charge in [-0.3, -0.25) is 4.79 Å². The number of nitrogens with zero attached hydrogens (tertiary/aromatic N) is 4. The van der Waals surface area contributed by atoms with E-state index in [1.165, 1.54) is 12.8 Å². The lowest BCUT2D eigenvalue weighted by atomic mass is 10.1. The second kappa shape index (κ2) is 5.22. The first kappa shape index (κ1) is 14.0. The van der Waals surface area contributed by atoms with E-state index in [0.29, 0.717) is 23.6 Å². The van der Waals surface area contributed by atoms with Crippen molar-refractivity contribution in [2.45, 2.75) is 25.3 Å². The Morgan fingerprint density at radius 3 is 2.83 bits per heavy atom. The molecule has 4 rings (SSSR count). The van der Waals surface area contributed by atoms with Crippen LogP contribution in [0.5, 0.6) is 5.75 Å². The maximum absolute atomic E-state index is 12.7. The van der Waals surface area contributed by atoms with Gasteiger partial charge in [0.05, 0.1) is 19.0 Å². The van der Waals surface area contributed by atoms with Crippen LogP contribution in [0.25, 0.3) is 10.8 Å². The fraction of sp³-hybridized carbons (Fsp3) is 0.353. The summed E-state index contributed by atoms with van der Waals surface area (Å²) in [6.45, 7) is 0.419. The number of hydrogen-bond acceptors (Lipinski definition) is 4. The monoisotopic (exact) mass is 310 g/mol. The third-order valence-electron chi connectivity index (χ3n) is 4.44. The van der Waals surface area contributed by atoms with Crippen molar-refractivity contribution in [2.75, 3.05) is 7.11 Å². The van der Waals surface area contributed by atoms with Crippen molar-refractivity contribution in [3.05, 3.63) is 52.5 Å².